The van der Waals surface area contributed by atoms with E-state index >= 15 is 0 Å². The molecule has 6 rings (SSSR count). The zero-order chi connectivity index (χ0) is 27.3. The first-order chi connectivity index (χ1) is 18.9. The second-order valence-electron chi connectivity index (χ2n) is 11.0. The number of ether oxygens (including phenoxy) is 3. The van der Waals surface area contributed by atoms with Crippen LogP contribution in [0.15, 0.2) is 26.9 Å². The number of hydrogen-bond acceptors (Lipinski definition) is 8. The van der Waals surface area contributed by atoms with Crippen molar-refractivity contribution >= 4 is 22.7 Å². The van der Waals surface area contributed by atoms with Crippen molar-refractivity contribution in [1.82, 2.24) is 9.55 Å². The number of aryl methyl sites for hydroxylation is 1. The number of oxazole rings is 1. The van der Waals surface area contributed by atoms with Gasteiger partial charge in [0.1, 0.15) is 29.2 Å². The van der Waals surface area contributed by atoms with Crippen LogP contribution >= 0.6 is 0 Å². The second kappa shape index (κ2) is 10.1. The van der Waals surface area contributed by atoms with E-state index < -0.39 is 0 Å². The molecule has 3 aliphatic rings. The van der Waals surface area contributed by atoms with Gasteiger partial charge in [0.05, 0.1) is 31.5 Å². The number of benzene rings is 1. The monoisotopic (exact) mass is 530 g/mol. The van der Waals surface area contributed by atoms with Crippen LogP contribution in [0.3, 0.4) is 0 Å². The zero-order valence-electron chi connectivity index (χ0n) is 23.0. The third-order valence-electron chi connectivity index (χ3n) is 8.26. The van der Waals surface area contributed by atoms with Crippen LogP contribution in [0.5, 0.6) is 11.5 Å². The van der Waals surface area contributed by atoms with E-state index in [0.717, 1.165) is 48.4 Å². The second-order valence-corrected chi connectivity index (χ2v) is 11.0. The minimum atomic E-state index is -0.320. The molecular formula is C30H34N4O5. The van der Waals surface area contributed by atoms with Crippen LogP contribution < -0.4 is 19.9 Å². The molecular weight excluding hydrogens is 496 g/mol. The predicted octanol–water partition coefficient (Wildman–Crippen LogP) is 4.87. The van der Waals surface area contributed by atoms with Crippen molar-refractivity contribution in [2.45, 2.75) is 57.5 Å². The van der Waals surface area contributed by atoms with Crippen molar-refractivity contribution in [3.8, 4) is 17.6 Å². The molecule has 0 radical (unpaired) electrons. The average molecular weight is 531 g/mol. The molecule has 2 atom stereocenters. The minimum Gasteiger partial charge on any atom is -0.493 e. The number of hydrogen-bond donors (Lipinski definition) is 0. The fraction of sp³-hybridized carbons (Fsp3) is 0.500. The summed E-state index contributed by atoms with van der Waals surface area (Å²) in [5, 5.41) is 10.9. The van der Waals surface area contributed by atoms with E-state index in [1.807, 2.05) is 12.1 Å². The van der Waals surface area contributed by atoms with Crippen molar-refractivity contribution < 1.29 is 18.6 Å². The lowest BCUT2D eigenvalue weighted by atomic mass is 9.93. The Morgan fingerprint density at radius 1 is 1.18 bits per heavy atom. The Labute approximate surface area is 227 Å². The van der Waals surface area contributed by atoms with E-state index in [-0.39, 0.29) is 23.1 Å². The van der Waals surface area contributed by atoms with Gasteiger partial charge in [0.15, 0.2) is 17.4 Å². The first-order valence-corrected chi connectivity index (χ1v) is 13.7. The van der Waals surface area contributed by atoms with Crippen molar-refractivity contribution in [3.05, 3.63) is 51.0 Å². The van der Waals surface area contributed by atoms with Crippen LogP contribution in [0.4, 0.5) is 5.69 Å². The largest absolute Gasteiger partial charge is 0.493 e. The van der Waals surface area contributed by atoms with Crippen molar-refractivity contribution in [1.29, 1.82) is 5.26 Å². The fourth-order valence-corrected chi connectivity index (χ4v) is 6.21. The number of methoxy groups -OCH3 is 1. The first kappa shape index (κ1) is 25.5. The first-order valence-electron chi connectivity index (χ1n) is 13.7. The molecule has 2 saturated heterocycles. The van der Waals surface area contributed by atoms with Crippen LogP contribution in [0.2, 0.25) is 0 Å². The van der Waals surface area contributed by atoms with Gasteiger partial charge in [-0.3, -0.25) is 4.79 Å². The third kappa shape index (κ3) is 4.47. The summed E-state index contributed by atoms with van der Waals surface area (Å²) >= 11 is 0. The van der Waals surface area contributed by atoms with Gasteiger partial charge in [-0.1, -0.05) is 12.5 Å². The summed E-state index contributed by atoms with van der Waals surface area (Å²) in [7, 11) is 3.29. The number of aromatic nitrogens is 2. The number of nitriles is 1. The molecule has 1 aromatic carbocycles. The number of anilines is 1. The fourth-order valence-electron chi connectivity index (χ4n) is 6.21. The number of fused-ring (bicyclic) bond motifs is 2. The van der Waals surface area contributed by atoms with E-state index in [1.165, 1.54) is 10.1 Å². The Morgan fingerprint density at radius 2 is 1.97 bits per heavy atom. The minimum absolute atomic E-state index is 0.0615. The Morgan fingerprint density at radius 3 is 2.67 bits per heavy atom. The van der Waals surface area contributed by atoms with E-state index in [1.54, 1.807) is 14.2 Å². The molecule has 4 heterocycles. The van der Waals surface area contributed by atoms with Gasteiger partial charge in [-0.2, -0.15) is 5.26 Å². The molecule has 9 heteroatoms. The summed E-state index contributed by atoms with van der Waals surface area (Å²) in [6, 6.07) is 5.92. The molecule has 1 aliphatic carbocycles. The molecule has 0 N–H and O–H groups in total. The molecule has 0 saturated carbocycles. The third-order valence-corrected chi connectivity index (χ3v) is 8.26. The maximum absolute atomic E-state index is 13.3. The van der Waals surface area contributed by atoms with Gasteiger partial charge >= 0.3 is 0 Å². The number of rotatable bonds is 5. The molecule has 0 spiro atoms. The summed E-state index contributed by atoms with van der Waals surface area (Å²) in [6.45, 7) is 6.87. The lowest BCUT2D eigenvalue weighted by Crippen LogP contribution is -2.36. The molecule has 0 bridgehead atoms. The molecule has 2 fully saturated rings. The summed E-state index contributed by atoms with van der Waals surface area (Å²) in [5.41, 5.74) is 3.46. The number of piperidine rings is 1. The molecule has 3 aromatic rings. The van der Waals surface area contributed by atoms with E-state index in [0.29, 0.717) is 54.9 Å². The predicted molar refractivity (Wildman–Crippen MR) is 148 cm³/mol. The van der Waals surface area contributed by atoms with Crippen LogP contribution in [0.25, 0.3) is 17.0 Å². The molecule has 2 unspecified atom stereocenters. The summed E-state index contributed by atoms with van der Waals surface area (Å²) < 4.78 is 25.1. The highest BCUT2D eigenvalue weighted by Gasteiger charge is 2.31. The van der Waals surface area contributed by atoms with Gasteiger partial charge in [0.25, 0.3) is 5.56 Å². The molecule has 2 aromatic heterocycles. The molecule has 2 aliphatic heterocycles. The molecule has 0 amide bonds. The summed E-state index contributed by atoms with van der Waals surface area (Å²) in [4.78, 5) is 20.3. The maximum Gasteiger partial charge on any atom is 0.270 e. The van der Waals surface area contributed by atoms with Crippen LogP contribution in [-0.2, 0) is 11.8 Å². The highest BCUT2D eigenvalue weighted by Crippen LogP contribution is 2.41. The van der Waals surface area contributed by atoms with Crippen molar-refractivity contribution in [2.24, 2.45) is 7.05 Å². The topological polar surface area (TPSA) is 103 Å². The SMILES string of the molecule is COc1cc2c(N3CCC(c4nc5c(o4)C(C)CC(C)=C5)CC3)c(C#N)c(=O)n(C)c2cc1OC1CCOC1. The summed E-state index contributed by atoms with van der Waals surface area (Å²) in [5.74, 6) is 3.44. The van der Waals surface area contributed by atoms with Crippen molar-refractivity contribution in [3.63, 3.8) is 0 Å². The van der Waals surface area contributed by atoms with Crippen LogP contribution in [-0.4, -0.2) is 49.1 Å². The van der Waals surface area contributed by atoms with Gasteiger partial charge in [0, 0.05) is 49.8 Å². The molecule has 204 valence electrons. The van der Waals surface area contributed by atoms with Gasteiger partial charge in [-0.05, 0) is 38.3 Å². The number of allylic oxidation sites excluding steroid dienone is 1. The van der Waals surface area contributed by atoms with Crippen LogP contribution in [0.1, 0.15) is 74.3 Å². The zero-order valence-corrected chi connectivity index (χ0v) is 23.0. The highest BCUT2D eigenvalue weighted by atomic mass is 16.6. The van der Waals surface area contributed by atoms with E-state index in [2.05, 4.69) is 30.9 Å². The maximum atomic E-state index is 13.3. The van der Waals surface area contributed by atoms with Crippen molar-refractivity contribution in [2.75, 3.05) is 38.3 Å². The summed E-state index contributed by atoms with van der Waals surface area (Å²) in [6.07, 6.45) is 5.51. The van der Waals surface area contributed by atoms with Gasteiger partial charge in [-0.15, -0.1) is 0 Å². The average Bonchev–Trinajstić information content (AvgIpc) is 3.61. The quantitative estimate of drug-likeness (QED) is 0.460. The Hall–Kier alpha value is -3.77. The Kier molecular flexibility index (Phi) is 6.59. The normalized spacial score (nSPS) is 21.5. The highest BCUT2D eigenvalue weighted by molar-refractivity contribution is 5.97. The Balaban J connectivity index is 1.34. The lowest BCUT2D eigenvalue weighted by molar-refractivity contribution is 0.139. The smallest absolute Gasteiger partial charge is 0.270 e. The van der Waals surface area contributed by atoms with Gasteiger partial charge in [0.2, 0.25) is 0 Å². The van der Waals surface area contributed by atoms with Crippen LogP contribution in [0, 0.1) is 11.3 Å². The number of pyridine rings is 1. The number of nitrogens with zero attached hydrogens (tertiary/aromatic N) is 4. The molecule has 9 nitrogen and oxygen atoms in total. The van der Waals surface area contributed by atoms with Gasteiger partial charge in [-0.25, -0.2) is 4.98 Å². The van der Waals surface area contributed by atoms with E-state index in [9.17, 15) is 10.1 Å². The molecule has 39 heavy (non-hydrogen) atoms. The lowest BCUT2D eigenvalue weighted by Gasteiger charge is -2.34. The Bertz CT molecular complexity index is 1550. The standard InChI is InChI=1S/C30H34N4O5/c1-17-11-18(2)28-23(12-17)32-29(39-28)19-5-8-34(9-6-19)27-21-13-25(36-4)26(38-20-7-10-37-16-20)14-24(21)33(3)30(35)22(27)15-31/h12-14,18-20H,5-11,16H2,1-4H3. The van der Waals surface area contributed by atoms with Gasteiger partial charge < -0.3 is 28.1 Å². The van der Waals surface area contributed by atoms with E-state index in [4.69, 9.17) is 23.6 Å².